The number of nitrogens with zero attached hydrogens (tertiary/aromatic N) is 1. The van der Waals surface area contributed by atoms with E-state index in [-0.39, 0.29) is 10.7 Å². The Bertz CT molecular complexity index is 588. The molecule has 1 aromatic carbocycles. The van der Waals surface area contributed by atoms with Crippen LogP contribution in [-0.4, -0.2) is 62.1 Å². The van der Waals surface area contributed by atoms with Gasteiger partial charge in [0.2, 0.25) is 0 Å². The van der Waals surface area contributed by atoms with Gasteiger partial charge in [-0.05, 0) is 25.5 Å². The van der Waals surface area contributed by atoms with Gasteiger partial charge in [0.1, 0.15) is 16.7 Å². The van der Waals surface area contributed by atoms with Crippen LogP contribution < -0.4 is 0 Å². The normalized spacial score (nSPS) is 13.0. The maximum atomic E-state index is 11.2. The van der Waals surface area contributed by atoms with E-state index in [0.29, 0.717) is 17.4 Å². The molecule has 0 aromatic heterocycles. The van der Waals surface area contributed by atoms with Crippen LogP contribution >= 0.6 is 0 Å². The predicted octanol–water partition coefficient (Wildman–Crippen LogP) is 1.32. The second kappa shape index (κ2) is 9.12. The molecule has 6 nitrogen and oxygen atoms in total. The van der Waals surface area contributed by atoms with Crippen LogP contribution in [0.1, 0.15) is 25.3 Å². The average Bonchev–Trinajstić information content (AvgIpc) is 2.37. The molecule has 0 aliphatic heterocycles. The Morgan fingerprint density at radius 2 is 1.70 bits per heavy atom. The highest BCUT2D eigenvalue weighted by Gasteiger charge is 2.21. The van der Waals surface area contributed by atoms with Crippen LogP contribution in [-0.2, 0) is 14.9 Å². The molecule has 1 rings (SSSR count). The summed E-state index contributed by atoms with van der Waals surface area (Å²) in [4.78, 5) is 11.0. The Labute approximate surface area is 139 Å². The van der Waals surface area contributed by atoms with Gasteiger partial charge in [0, 0.05) is 6.42 Å². The first kappa shape index (κ1) is 21.7. The Balaban J connectivity index is 0.000000422. The molecule has 1 atom stereocenters. The fraction of sp³-hybridized carbons (Fsp3) is 0.562. The van der Waals surface area contributed by atoms with E-state index in [1.165, 1.54) is 12.1 Å². The number of quaternary nitrogens is 1. The van der Waals surface area contributed by atoms with E-state index >= 15 is 0 Å². The topological polar surface area (TPSA) is 94.5 Å². The number of likely N-dealkylation sites (N-methyl/N-ethyl adjacent to an activating group) is 1. The lowest BCUT2D eigenvalue weighted by Crippen LogP contribution is -2.44. The summed E-state index contributed by atoms with van der Waals surface area (Å²) >= 11 is 0. The third kappa shape index (κ3) is 10.2. The number of rotatable bonds is 6. The van der Waals surface area contributed by atoms with Gasteiger partial charge in [-0.3, -0.25) is 4.79 Å². The number of aryl methyl sites for hydroxylation is 1. The van der Waals surface area contributed by atoms with Gasteiger partial charge in [0.15, 0.2) is 11.9 Å². The smallest absolute Gasteiger partial charge is 0.167 e. The number of ketones is 1. The van der Waals surface area contributed by atoms with Gasteiger partial charge in [-0.1, -0.05) is 24.6 Å². The van der Waals surface area contributed by atoms with Crippen molar-refractivity contribution >= 4 is 15.9 Å². The molecule has 0 saturated heterocycles. The first-order valence-electron chi connectivity index (χ1n) is 7.40. The highest BCUT2D eigenvalue weighted by atomic mass is 32.2. The second-order valence-electron chi connectivity index (χ2n) is 6.47. The highest BCUT2D eigenvalue weighted by Crippen LogP contribution is 2.08. The minimum atomic E-state index is -4.27. The van der Waals surface area contributed by atoms with Crippen molar-refractivity contribution in [1.82, 2.24) is 0 Å². The molecule has 0 radical (unpaired) electrons. The lowest BCUT2D eigenvalue weighted by atomic mass is 10.1. The zero-order valence-corrected chi connectivity index (χ0v) is 15.3. The van der Waals surface area contributed by atoms with Crippen molar-refractivity contribution in [3.05, 3.63) is 29.8 Å². The third-order valence-corrected chi connectivity index (χ3v) is 3.75. The first-order valence-corrected chi connectivity index (χ1v) is 8.81. The van der Waals surface area contributed by atoms with E-state index in [1.54, 1.807) is 12.1 Å². The molecule has 1 aromatic rings. The van der Waals surface area contributed by atoms with Crippen LogP contribution in [0.4, 0.5) is 0 Å². The number of aliphatic hydroxyl groups is 1. The Morgan fingerprint density at radius 3 is 2.04 bits per heavy atom. The summed E-state index contributed by atoms with van der Waals surface area (Å²) < 4.78 is 31.8. The van der Waals surface area contributed by atoms with Crippen LogP contribution in [0.3, 0.4) is 0 Å². The summed E-state index contributed by atoms with van der Waals surface area (Å²) in [6.45, 7) is 4.26. The molecule has 23 heavy (non-hydrogen) atoms. The number of hydrogen-bond acceptors (Lipinski definition) is 5. The fourth-order valence-corrected chi connectivity index (χ4v) is 2.21. The predicted molar refractivity (Wildman–Crippen MR) is 88.0 cm³/mol. The highest BCUT2D eigenvalue weighted by molar-refractivity contribution is 7.85. The van der Waals surface area contributed by atoms with Crippen molar-refractivity contribution in [3.8, 4) is 0 Å². The van der Waals surface area contributed by atoms with Crippen LogP contribution in [0.15, 0.2) is 29.2 Å². The third-order valence-electron chi connectivity index (χ3n) is 2.90. The Morgan fingerprint density at radius 1 is 1.22 bits per heavy atom. The Hall–Kier alpha value is -1.28. The van der Waals surface area contributed by atoms with Gasteiger partial charge in [0.05, 0.1) is 26.0 Å². The molecule has 0 fully saturated rings. The molecule has 7 heteroatoms. The van der Waals surface area contributed by atoms with Crippen LogP contribution in [0.5, 0.6) is 0 Å². The van der Waals surface area contributed by atoms with Crippen molar-refractivity contribution < 1.29 is 27.4 Å². The van der Waals surface area contributed by atoms with Crippen molar-refractivity contribution in [3.63, 3.8) is 0 Å². The summed E-state index contributed by atoms with van der Waals surface area (Å²) in [6.07, 6.45) is 0.513. The number of aliphatic hydroxyl groups excluding tert-OH is 1. The zero-order chi connectivity index (χ0) is 18.3. The van der Waals surface area contributed by atoms with Crippen LogP contribution in [0.2, 0.25) is 0 Å². The van der Waals surface area contributed by atoms with Gasteiger partial charge in [-0.2, -0.15) is 0 Å². The standard InChI is InChI=1S/C9H20NO2.C7H8O3S/c1-5-6-8(11)9(12)7-10(2,3)4;1-6-2-4-7(5-3-6)11(8,9)10/h9,12H,5-7H2,1-4H3;2-5H,1H3,(H,8,9,10)/q+1;/p-1. The van der Waals surface area contributed by atoms with Crippen molar-refractivity contribution in [2.75, 3.05) is 27.7 Å². The lowest BCUT2D eigenvalue weighted by Gasteiger charge is -2.26. The number of hydrogen-bond donors (Lipinski definition) is 1. The molecule has 132 valence electrons. The fourth-order valence-electron chi connectivity index (χ4n) is 1.74. The molecule has 0 bridgehead atoms. The molecule has 0 spiro atoms. The molecule has 0 aliphatic carbocycles. The lowest BCUT2D eigenvalue weighted by molar-refractivity contribution is -0.872. The summed E-state index contributed by atoms with van der Waals surface area (Å²) in [5, 5.41) is 9.42. The molecule has 0 saturated carbocycles. The quantitative estimate of drug-likeness (QED) is 0.620. The molecule has 0 amide bonds. The molecular formula is C16H27NO5S. The zero-order valence-electron chi connectivity index (χ0n) is 14.4. The maximum absolute atomic E-state index is 11.2. The van der Waals surface area contributed by atoms with Crippen LogP contribution in [0.25, 0.3) is 0 Å². The number of Topliss-reactive ketones (excluding diaryl/α,β-unsaturated/α-hetero) is 1. The first-order chi connectivity index (χ1) is 10.4. The molecule has 0 aliphatic rings. The van der Waals surface area contributed by atoms with Crippen molar-refractivity contribution in [1.29, 1.82) is 0 Å². The van der Waals surface area contributed by atoms with E-state index in [0.717, 1.165) is 12.0 Å². The SMILES string of the molecule is CCCC(=O)C(O)C[N+](C)(C)C.Cc1ccc(S(=O)(=O)[O-])cc1. The molecule has 1 unspecified atom stereocenters. The minimum Gasteiger partial charge on any atom is -0.744 e. The van der Waals surface area contributed by atoms with Gasteiger partial charge in [-0.25, -0.2) is 8.42 Å². The van der Waals surface area contributed by atoms with E-state index in [4.69, 9.17) is 0 Å². The van der Waals surface area contributed by atoms with Crippen LogP contribution in [0, 0.1) is 6.92 Å². The van der Waals surface area contributed by atoms with Crippen molar-refractivity contribution in [2.24, 2.45) is 0 Å². The van der Waals surface area contributed by atoms with Gasteiger partial charge < -0.3 is 14.1 Å². The summed E-state index contributed by atoms with van der Waals surface area (Å²) in [6, 6.07) is 5.78. The number of carbonyl (C=O) groups excluding carboxylic acids is 1. The van der Waals surface area contributed by atoms with E-state index in [9.17, 15) is 22.9 Å². The molecular weight excluding hydrogens is 318 g/mol. The Kier molecular flexibility index (Phi) is 8.61. The van der Waals surface area contributed by atoms with Crippen molar-refractivity contribution in [2.45, 2.75) is 37.7 Å². The average molecular weight is 345 g/mol. The second-order valence-corrected chi connectivity index (χ2v) is 7.85. The summed E-state index contributed by atoms with van der Waals surface area (Å²) in [7, 11) is 1.61. The van der Waals surface area contributed by atoms with E-state index in [2.05, 4.69) is 0 Å². The minimum absolute atomic E-state index is 0.0365. The molecule has 0 heterocycles. The maximum Gasteiger partial charge on any atom is 0.167 e. The van der Waals surface area contributed by atoms with E-state index in [1.807, 2.05) is 35.0 Å². The monoisotopic (exact) mass is 345 g/mol. The number of benzene rings is 1. The van der Waals surface area contributed by atoms with Gasteiger partial charge >= 0.3 is 0 Å². The van der Waals surface area contributed by atoms with Gasteiger partial charge in [0.25, 0.3) is 0 Å². The van der Waals surface area contributed by atoms with Gasteiger partial charge in [-0.15, -0.1) is 0 Å². The summed E-state index contributed by atoms with van der Waals surface area (Å²) in [5.41, 5.74) is 0.928. The van der Waals surface area contributed by atoms with E-state index < -0.39 is 16.2 Å². The number of carbonyl (C=O) groups is 1. The largest absolute Gasteiger partial charge is 0.744 e. The summed E-state index contributed by atoms with van der Waals surface area (Å²) in [5.74, 6) is -0.0365. The molecule has 1 N–H and O–H groups in total.